The zero-order valence-corrected chi connectivity index (χ0v) is 12.1. The Labute approximate surface area is 125 Å². The van der Waals surface area contributed by atoms with Gasteiger partial charge in [-0.1, -0.05) is 35.3 Å². The van der Waals surface area contributed by atoms with Crippen molar-refractivity contribution in [3.05, 3.63) is 46.5 Å². The first kappa shape index (κ1) is 13.1. The predicted octanol–water partition coefficient (Wildman–Crippen LogP) is 3.89. The first-order valence-electron chi connectivity index (χ1n) is 5.89. The molecule has 3 rings (SSSR count). The molecule has 3 aromatic rings. The Hall–Kier alpha value is -1.91. The molecule has 6 heteroatoms. The predicted molar refractivity (Wildman–Crippen MR) is 81.9 cm³/mol. The van der Waals surface area contributed by atoms with E-state index in [-0.39, 0.29) is 0 Å². The fraction of sp³-hybridized carbons (Fsp3) is 0.0714. The first-order valence-corrected chi connectivity index (χ1v) is 6.65. The van der Waals surface area contributed by atoms with Crippen LogP contribution in [-0.2, 0) is 0 Å². The summed E-state index contributed by atoms with van der Waals surface area (Å²) < 4.78 is 0. The van der Waals surface area contributed by atoms with Gasteiger partial charge in [-0.3, -0.25) is 0 Å². The molecule has 0 aliphatic rings. The molecule has 4 nitrogen and oxygen atoms in total. The molecule has 0 aliphatic carbocycles. The summed E-state index contributed by atoms with van der Waals surface area (Å²) in [7, 11) is 0. The molecule has 0 amide bonds. The Morgan fingerprint density at radius 2 is 1.85 bits per heavy atom. The monoisotopic (exact) mass is 304 g/mol. The Kier molecular flexibility index (Phi) is 3.20. The minimum Gasteiger partial charge on any atom is -0.383 e. The van der Waals surface area contributed by atoms with E-state index in [9.17, 15) is 0 Å². The molecule has 0 spiro atoms. The topological polar surface area (TPSA) is 64.7 Å². The quantitative estimate of drug-likeness (QED) is 0.693. The Balaban J connectivity index is 2.41. The van der Waals surface area contributed by atoms with Gasteiger partial charge in [0, 0.05) is 16.8 Å². The van der Waals surface area contributed by atoms with Gasteiger partial charge in [0.15, 0.2) is 0 Å². The molecule has 0 radical (unpaired) electrons. The average molecular weight is 305 g/mol. The van der Waals surface area contributed by atoms with Crippen LogP contribution in [0.15, 0.2) is 30.7 Å². The van der Waals surface area contributed by atoms with Crippen LogP contribution in [0.5, 0.6) is 0 Å². The van der Waals surface area contributed by atoms with Crippen LogP contribution in [0.4, 0.5) is 5.82 Å². The Morgan fingerprint density at radius 1 is 1.05 bits per heavy atom. The van der Waals surface area contributed by atoms with Gasteiger partial charge in [-0.15, -0.1) is 0 Å². The number of rotatable bonds is 1. The summed E-state index contributed by atoms with van der Waals surface area (Å²) >= 11 is 12.3. The van der Waals surface area contributed by atoms with E-state index in [0.29, 0.717) is 26.9 Å². The number of benzene rings is 1. The van der Waals surface area contributed by atoms with Crippen molar-refractivity contribution in [1.82, 2.24) is 15.0 Å². The third-order valence-corrected chi connectivity index (χ3v) is 3.90. The summed E-state index contributed by atoms with van der Waals surface area (Å²) in [5, 5.41) is 1.54. The number of hydrogen-bond donors (Lipinski definition) is 1. The molecule has 2 N–H and O–H groups in total. The van der Waals surface area contributed by atoms with Gasteiger partial charge in [-0.25, -0.2) is 15.0 Å². The number of pyridine rings is 1. The summed E-state index contributed by atoms with van der Waals surface area (Å²) in [6.45, 7) is 1.95. The number of halogens is 2. The second-order valence-corrected chi connectivity index (χ2v) is 5.12. The zero-order valence-electron chi connectivity index (χ0n) is 10.6. The van der Waals surface area contributed by atoms with Gasteiger partial charge in [-0.05, 0) is 24.1 Å². The highest BCUT2D eigenvalue weighted by Gasteiger charge is 2.14. The first-order chi connectivity index (χ1) is 9.59. The number of aromatic nitrogens is 3. The summed E-state index contributed by atoms with van der Waals surface area (Å²) in [6, 6.07) is 5.69. The van der Waals surface area contributed by atoms with E-state index in [4.69, 9.17) is 28.9 Å². The van der Waals surface area contributed by atoms with Crippen LogP contribution in [-0.4, -0.2) is 15.0 Å². The Bertz CT molecular complexity index is 809. The van der Waals surface area contributed by atoms with Crippen LogP contribution < -0.4 is 5.73 Å². The highest BCUT2D eigenvalue weighted by molar-refractivity contribution is 6.35. The lowest BCUT2D eigenvalue weighted by atomic mass is 10.0. The molecule has 0 aliphatic heterocycles. The largest absolute Gasteiger partial charge is 0.383 e. The molecule has 100 valence electrons. The minimum absolute atomic E-state index is 0.293. The number of nitrogens with two attached hydrogens (primary N) is 1. The molecule has 0 atom stereocenters. The van der Waals surface area contributed by atoms with E-state index < -0.39 is 0 Å². The lowest BCUT2D eigenvalue weighted by molar-refractivity contribution is 1.21. The van der Waals surface area contributed by atoms with Gasteiger partial charge in [-0.2, -0.15) is 0 Å². The average Bonchev–Trinajstić information content (AvgIpc) is 2.43. The maximum absolute atomic E-state index is 6.17. The van der Waals surface area contributed by atoms with Crippen LogP contribution in [0.1, 0.15) is 5.56 Å². The number of fused-ring (bicyclic) bond motifs is 1. The van der Waals surface area contributed by atoms with Crippen molar-refractivity contribution in [1.29, 1.82) is 0 Å². The van der Waals surface area contributed by atoms with Crippen LogP contribution in [0.3, 0.4) is 0 Å². The lowest BCUT2D eigenvalue weighted by Crippen LogP contribution is -1.97. The van der Waals surface area contributed by atoms with Gasteiger partial charge in [0.1, 0.15) is 17.3 Å². The minimum atomic E-state index is 0.293. The maximum Gasteiger partial charge on any atom is 0.142 e. The molecule has 2 heterocycles. The van der Waals surface area contributed by atoms with Crippen molar-refractivity contribution in [2.75, 3.05) is 5.73 Å². The van der Waals surface area contributed by atoms with Gasteiger partial charge < -0.3 is 5.73 Å². The maximum atomic E-state index is 6.17. The number of hydrogen-bond acceptors (Lipinski definition) is 4. The van der Waals surface area contributed by atoms with Crippen LogP contribution in [0.2, 0.25) is 10.2 Å². The van der Waals surface area contributed by atoms with E-state index in [2.05, 4.69) is 15.0 Å². The third kappa shape index (κ3) is 1.97. The second-order valence-electron chi connectivity index (χ2n) is 4.36. The third-order valence-electron chi connectivity index (χ3n) is 3.20. The number of nitrogens with zero attached hydrogens (tertiary/aromatic N) is 3. The fourth-order valence-electron chi connectivity index (χ4n) is 2.15. The molecule has 0 saturated carbocycles. The molecule has 2 aromatic heterocycles. The van der Waals surface area contributed by atoms with Crippen molar-refractivity contribution >= 4 is 39.9 Å². The summed E-state index contributed by atoms with van der Waals surface area (Å²) in [5.41, 5.74) is 9.28. The molecular formula is C14H10Cl2N4. The highest BCUT2D eigenvalue weighted by Crippen LogP contribution is 2.35. The molecule has 0 bridgehead atoms. The van der Waals surface area contributed by atoms with Crippen LogP contribution in [0.25, 0.3) is 22.0 Å². The Morgan fingerprint density at radius 3 is 2.65 bits per heavy atom. The van der Waals surface area contributed by atoms with Gasteiger partial charge >= 0.3 is 0 Å². The lowest BCUT2D eigenvalue weighted by Gasteiger charge is -2.11. The van der Waals surface area contributed by atoms with Crippen molar-refractivity contribution in [3.63, 3.8) is 0 Å². The van der Waals surface area contributed by atoms with Gasteiger partial charge in [0.2, 0.25) is 0 Å². The van der Waals surface area contributed by atoms with Crippen LogP contribution in [0, 0.1) is 6.92 Å². The zero-order chi connectivity index (χ0) is 14.3. The van der Waals surface area contributed by atoms with Crippen molar-refractivity contribution in [2.45, 2.75) is 6.92 Å². The summed E-state index contributed by atoms with van der Waals surface area (Å²) in [6.07, 6.45) is 3.09. The smallest absolute Gasteiger partial charge is 0.142 e. The molecule has 1 aromatic carbocycles. The second kappa shape index (κ2) is 4.89. The summed E-state index contributed by atoms with van der Waals surface area (Å²) in [5.74, 6) is 0.314. The van der Waals surface area contributed by atoms with Crippen LogP contribution >= 0.6 is 23.2 Å². The van der Waals surface area contributed by atoms with E-state index in [1.165, 1.54) is 6.33 Å². The fourth-order valence-corrected chi connectivity index (χ4v) is 2.56. The normalized spacial score (nSPS) is 10.9. The highest BCUT2D eigenvalue weighted by atomic mass is 35.5. The van der Waals surface area contributed by atoms with E-state index in [1.807, 2.05) is 25.1 Å². The summed E-state index contributed by atoms with van der Waals surface area (Å²) in [4.78, 5) is 12.4. The molecule has 0 saturated heterocycles. The standard InChI is InChI=1S/C14H10Cl2N4/c1-7-8(3-2-4-10(7)15)9-5-18-13(16)11-12(9)19-6-20-14(11)17/h2-6H,1H3,(H2,17,19,20). The number of anilines is 1. The van der Waals surface area contributed by atoms with Gasteiger partial charge in [0.25, 0.3) is 0 Å². The number of nitrogen functional groups attached to an aromatic ring is 1. The van der Waals surface area contributed by atoms with E-state index in [0.717, 1.165) is 16.7 Å². The van der Waals surface area contributed by atoms with E-state index in [1.54, 1.807) is 6.20 Å². The molecular weight excluding hydrogens is 295 g/mol. The van der Waals surface area contributed by atoms with Crippen molar-refractivity contribution in [2.24, 2.45) is 0 Å². The van der Waals surface area contributed by atoms with E-state index >= 15 is 0 Å². The van der Waals surface area contributed by atoms with Crippen molar-refractivity contribution < 1.29 is 0 Å². The SMILES string of the molecule is Cc1c(Cl)cccc1-c1cnc(Cl)c2c(N)ncnc12. The molecule has 0 fully saturated rings. The van der Waals surface area contributed by atoms with Gasteiger partial charge in [0.05, 0.1) is 10.9 Å². The van der Waals surface area contributed by atoms with Crippen molar-refractivity contribution in [3.8, 4) is 11.1 Å². The molecule has 20 heavy (non-hydrogen) atoms. The molecule has 0 unspecified atom stereocenters.